The molecule has 0 bridgehead atoms. The van der Waals surface area contributed by atoms with Gasteiger partial charge >= 0.3 is 5.97 Å². The minimum absolute atomic E-state index is 0.0335. The van der Waals surface area contributed by atoms with E-state index in [4.69, 9.17) is 4.74 Å². The molecule has 0 aliphatic heterocycles. The molecule has 9 nitrogen and oxygen atoms in total. The van der Waals surface area contributed by atoms with Gasteiger partial charge in [0.15, 0.2) is 22.5 Å². The van der Waals surface area contributed by atoms with E-state index < -0.39 is 5.97 Å². The summed E-state index contributed by atoms with van der Waals surface area (Å²) >= 11 is 0. The van der Waals surface area contributed by atoms with Crippen LogP contribution in [0, 0.1) is 6.92 Å². The number of carbonyl (C=O) groups is 1. The van der Waals surface area contributed by atoms with Gasteiger partial charge in [0.05, 0.1) is 12.3 Å². The van der Waals surface area contributed by atoms with Crippen LogP contribution in [-0.4, -0.2) is 41.7 Å². The fraction of sp³-hybridized carbons (Fsp3) is 0.176. The quantitative estimate of drug-likeness (QED) is 0.513. The Balaban J connectivity index is 1.95. The summed E-state index contributed by atoms with van der Waals surface area (Å²) in [5, 5.41) is 7.97. The third-order valence-corrected chi connectivity index (χ3v) is 3.99. The van der Waals surface area contributed by atoms with E-state index in [2.05, 4.69) is 20.2 Å². The van der Waals surface area contributed by atoms with Gasteiger partial charge in [0, 0.05) is 0 Å². The van der Waals surface area contributed by atoms with E-state index in [1.807, 2.05) is 31.2 Å². The van der Waals surface area contributed by atoms with Crippen molar-refractivity contribution in [3.63, 3.8) is 0 Å². The highest BCUT2D eigenvalue weighted by atomic mass is 16.5. The number of fused-ring (bicyclic) bond motifs is 3. The number of ether oxygens (including phenoxy) is 1. The van der Waals surface area contributed by atoms with Gasteiger partial charge in [-0.3, -0.25) is 13.8 Å². The zero-order chi connectivity index (χ0) is 18.3. The van der Waals surface area contributed by atoms with Crippen molar-refractivity contribution >= 4 is 22.8 Å². The number of imidazole rings is 1. The summed E-state index contributed by atoms with van der Waals surface area (Å²) < 4.78 is 7.83. The number of hydrogen-bond donors (Lipinski definition) is 0. The third-order valence-electron chi connectivity index (χ3n) is 3.99. The molecule has 0 N–H and O–H groups in total. The molecule has 0 aliphatic rings. The van der Waals surface area contributed by atoms with Gasteiger partial charge in [0.25, 0.3) is 5.56 Å². The van der Waals surface area contributed by atoms with E-state index in [1.165, 1.54) is 21.6 Å². The Bertz CT molecular complexity index is 1210. The van der Waals surface area contributed by atoms with Crippen LogP contribution < -0.4 is 5.56 Å². The molecular formula is C17H14N6O3. The van der Waals surface area contributed by atoms with E-state index in [-0.39, 0.29) is 34.7 Å². The van der Waals surface area contributed by atoms with Gasteiger partial charge in [0.2, 0.25) is 0 Å². The molecule has 9 heteroatoms. The average Bonchev–Trinajstić information content (AvgIpc) is 3.08. The summed E-state index contributed by atoms with van der Waals surface area (Å²) in [7, 11) is 0. The number of aryl methyl sites for hydroxylation is 1. The Labute approximate surface area is 146 Å². The molecule has 0 atom stereocenters. The van der Waals surface area contributed by atoms with Gasteiger partial charge in [-0.25, -0.2) is 14.8 Å². The first kappa shape index (κ1) is 15.9. The summed E-state index contributed by atoms with van der Waals surface area (Å²) in [6.07, 6.45) is 2.81. The topological polar surface area (TPSA) is 104 Å². The van der Waals surface area contributed by atoms with Crippen molar-refractivity contribution in [2.45, 2.75) is 13.8 Å². The molecule has 3 aromatic heterocycles. The van der Waals surface area contributed by atoms with Crippen LogP contribution in [0.3, 0.4) is 0 Å². The second-order valence-electron chi connectivity index (χ2n) is 5.59. The molecule has 0 radical (unpaired) electrons. The molecule has 130 valence electrons. The van der Waals surface area contributed by atoms with Crippen LogP contribution in [0.2, 0.25) is 0 Å². The number of benzene rings is 1. The van der Waals surface area contributed by atoms with Crippen LogP contribution >= 0.6 is 0 Å². The SMILES string of the molecule is CCOC(=O)c1ncn2c1nnc1c(=O)n(-c3ccccc3C)cnc12. The highest BCUT2D eigenvalue weighted by Crippen LogP contribution is 2.14. The molecule has 0 fully saturated rings. The Morgan fingerprint density at radius 2 is 1.92 bits per heavy atom. The number of para-hydroxylation sites is 1. The lowest BCUT2D eigenvalue weighted by atomic mass is 10.2. The first-order valence-electron chi connectivity index (χ1n) is 7.96. The van der Waals surface area contributed by atoms with Gasteiger partial charge < -0.3 is 4.74 Å². The van der Waals surface area contributed by atoms with E-state index in [0.29, 0.717) is 5.69 Å². The number of nitrogens with zero attached hydrogens (tertiary/aromatic N) is 6. The van der Waals surface area contributed by atoms with Gasteiger partial charge in [0.1, 0.15) is 12.7 Å². The normalized spacial score (nSPS) is 11.2. The van der Waals surface area contributed by atoms with E-state index in [9.17, 15) is 9.59 Å². The second kappa shape index (κ2) is 6.03. The third kappa shape index (κ3) is 2.32. The molecule has 0 saturated heterocycles. The summed E-state index contributed by atoms with van der Waals surface area (Å²) in [6.45, 7) is 3.83. The van der Waals surface area contributed by atoms with Crippen molar-refractivity contribution < 1.29 is 9.53 Å². The van der Waals surface area contributed by atoms with Crippen LogP contribution in [0.4, 0.5) is 0 Å². The average molecular weight is 350 g/mol. The van der Waals surface area contributed by atoms with E-state index >= 15 is 0 Å². The lowest BCUT2D eigenvalue weighted by molar-refractivity contribution is 0.0522. The van der Waals surface area contributed by atoms with Gasteiger partial charge in [-0.1, -0.05) is 18.2 Å². The predicted molar refractivity (Wildman–Crippen MR) is 92.4 cm³/mol. The number of aromatic nitrogens is 6. The highest BCUT2D eigenvalue weighted by molar-refractivity contribution is 5.94. The molecule has 4 rings (SSSR count). The number of hydrogen-bond acceptors (Lipinski definition) is 7. The molecule has 4 aromatic rings. The van der Waals surface area contributed by atoms with Crippen molar-refractivity contribution in [1.29, 1.82) is 0 Å². The first-order chi connectivity index (χ1) is 12.6. The Morgan fingerprint density at radius 1 is 1.12 bits per heavy atom. The molecule has 0 unspecified atom stereocenters. The van der Waals surface area contributed by atoms with Gasteiger partial charge in [-0.2, -0.15) is 0 Å². The maximum absolute atomic E-state index is 12.9. The maximum Gasteiger partial charge on any atom is 0.360 e. The smallest absolute Gasteiger partial charge is 0.360 e. The Morgan fingerprint density at radius 3 is 2.69 bits per heavy atom. The monoisotopic (exact) mass is 350 g/mol. The summed E-state index contributed by atoms with van der Waals surface area (Å²) in [4.78, 5) is 33.2. The molecule has 26 heavy (non-hydrogen) atoms. The fourth-order valence-electron chi connectivity index (χ4n) is 2.74. The standard InChI is InChI=1S/C17H14N6O3/c1-3-26-17(25)13-15-21-20-12-14(23(15)8-18-13)19-9-22(16(12)24)11-7-5-4-6-10(11)2/h4-9H,3H2,1-2H3. The first-order valence-corrected chi connectivity index (χ1v) is 7.96. The minimum atomic E-state index is -0.600. The zero-order valence-corrected chi connectivity index (χ0v) is 14.1. The molecule has 3 heterocycles. The molecule has 0 spiro atoms. The number of carbonyl (C=O) groups excluding carboxylic acids is 1. The number of esters is 1. The van der Waals surface area contributed by atoms with Gasteiger partial charge in [-0.05, 0) is 25.5 Å². The van der Waals surface area contributed by atoms with Crippen molar-refractivity contribution in [3.05, 3.63) is 58.5 Å². The summed E-state index contributed by atoms with van der Waals surface area (Å²) in [6, 6.07) is 7.47. The molecule has 0 aliphatic carbocycles. The lowest BCUT2D eigenvalue weighted by Gasteiger charge is -2.09. The van der Waals surface area contributed by atoms with Crippen LogP contribution in [0.1, 0.15) is 23.0 Å². The van der Waals surface area contributed by atoms with Gasteiger partial charge in [-0.15, -0.1) is 10.2 Å². The lowest BCUT2D eigenvalue weighted by Crippen LogP contribution is -2.22. The molecule has 1 aromatic carbocycles. The largest absolute Gasteiger partial charge is 0.461 e. The summed E-state index contributed by atoms with van der Waals surface area (Å²) in [5.74, 6) is -0.600. The maximum atomic E-state index is 12.9. The summed E-state index contributed by atoms with van der Waals surface area (Å²) in [5.41, 5.74) is 1.86. The van der Waals surface area contributed by atoms with Crippen LogP contribution in [0.15, 0.2) is 41.7 Å². The number of rotatable bonds is 3. The Hall–Kier alpha value is -3.62. The molecule has 0 saturated carbocycles. The minimum Gasteiger partial charge on any atom is -0.461 e. The van der Waals surface area contributed by atoms with Crippen molar-refractivity contribution in [2.24, 2.45) is 0 Å². The van der Waals surface area contributed by atoms with Crippen LogP contribution in [-0.2, 0) is 4.74 Å². The van der Waals surface area contributed by atoms with E-state index in [1.54, 1.807) is 6.92 Å². The molecule has 0 amide bonds. The highest BCUT2D eigenvalue weighted by Gasteiger charge is 2.20. The zero-order valence-electron chi connectivity index (χ0n) is 14.1. The van der Waals surface area contributed by atoms with Crippen LogP contribution in [0.25, 0.3) is 22.5 Å². The molecular weight excluding hydrogens is 336 g/mol. The van der Waals surface area contributed by atoms with E-state index in [0.717, 1.165) is 5.56 Å². The van der Waals surface area contributed by atoms with Crippen LogP contribution in [0.5, 0.6) is 0 Å². The van der Waals surface area contributed by atoms with Crippen molar-refractivity contribution in [1.82, 2.24) is 29.1 Å². The fourth-order valence-corrected chi connectivity index (χ4v) is 2.74. The second-order valence-corrected chi connectivity index (χ2v) is 5.59. The Kier molecular flexibility index (Phi) is 3.68. The predicted octanol–water partition coefficient (Wildman–Crippen LogP) is 1.31. The van der Waals surface area contributed by atoms with Crippen molar-refractivity contribution in [3.8, 4) is 5.69 Å². The van der Waals surface area contributed by atoms with Crippen molar-refractivity contribution in [2.75, 3.05) is 6.61 Å².